The largest absolute Gasteiger partial charge is 0.480 e. The Balaban J connectivity index is 1.91. The van der Waals surface area contributed by atoms with Gasteiger partial charge in [0.15, 0.2) is 0 Å². The molecule has 4 nitrogen and oxygen atoms in total. The molecule has 2 unspecified atom stereocenters. The smallest absolute Gasteiger partial charge is 0.329 e. The molecule has 4 heteroatoms. The van der Waals surface area contributed by atoms with E-state index >= 15 is 0 Å². The number of hydrogen-bond acceptors (Lipinski definition) is 3. The minimum absolute atomic E-state index is 0.183. The van der Waals surface area contributed by atoms with Crippen LogP contribution in [0.1, 0.15) is 53.4 Å². The Morgan fingerprint density at radius 2 is 1.90 bits per heavy atom. The van der Waals surface area contributed by atoms with E-state index in [9.17, 15) is 4.79 Å². The van der Waals surface area contributed by atoms with Gasteiger partial charge < -0.3 is 9.84 Å². The summed E-state index contributed by atoms with van der Waals surface area (Å²) in [5.41, 5.74) is 0.0806. The molecule has 0 amide bonds. The number of likely N-dealkylation sites (tertiary alicyclic amines) is 1. The summed E-state index contributed by atoms with van der Waals surface area (Å²) in [6, 6.07) is 0.644. The summed E-state index contributed by atoms with van der Waals surface area (Å²) < 4.78 is 5.53. The maximum Gasteiger partial charge on any atom is 0.329 e. The van der Waals surface area contributed by atoms with Crippen LogP contribution in [0.4, 0.5) is 0 Å². The predicted molar refractivity (Wildman–Crippen MR) is 78.8 cm³/mol. The van der Waals surface area contributed by atoms with E-state index in [0.29, 0.717) is 11.5 Å². The molecule has 0 radical (unpaired) electrons. The molecule has 0 aromatic rings. The molecule has 0 spiro atoms. The van der Waals surface area contributed by atoms with E-state index in [2.05, 4.69) is 25.7 Å². The van der Waals surface area contributed by atoms with E-state index in [4.69, 9.17) is 9.84 Å². The van der Waals surface area contributed by atoms with Crippen molar-refractivity contribution in [3.63, 3.8) is 0 Å². The number of nitrogens with zero attached hydrogens (tertiary/aromatic N) is 1. The second-order valence-electron chi connectivity index (χ2n) is 7.86. The standard InChI is InChI=1S/C16H29NO3/c1-15(2,3)12-7-5-6-8-13(12)17-10-16(4,11-17)20-9-14(18)19/h12-13H,5-11H2,1-4H3,(H,18,19). The zero-order valence-electron chi connectivity index (χ0n) is 13.3. The Morgan fingerprint density at radius 3 is 2.45 bits per heavy atom. The summed E-state index contributed by atoms with van der Waals surface area (Å²) in [4.78, 5) is 13.1. The van der Waals surface area contributed by atoms with Crippen molar-refractivity contribution in [3.8, 4) is 0 Å². The SMILES string of the molecule is CC1(OCC(=O)O)CN(C2CCCCC2C(C)(C)C)C1. The van der Waals surface area contributed by atoms with Crippen molar-refractivity contribution in [2.75, 3.05) is 19.7 Å². The third-order valence-electron chi connectivity index (χ3n) is 4.93. The summed E-state index contributed by atoms with van der Waals surface area (Å²) in [5.74, 6) is -0.143. The van der Waals surface area contributed by atoms with E-state index in [1.165, 1.54) is 25.7 Å². The van der Waals surface area contributed by atoms with Crippen LogP contribution in [-0.4, -0.2) is 47.3 Å². The fourth-order valence-electron chi connectivity index (χ4n) is 3.93. The third-order valence-corrected chi connectivity index (χ3v) is 4.93. The van der Waals surface area contributed by atoms with Crippen LogP contribution in [0.15, 0.2) is 0 Å². The molecule has 1 aliphatic heterocycles. The molecular formula is C16H29NO3. The molecule has 1 saturated carbocycles. The van der Waals surface area contributed by atoms with Crippen molar-refractivity contribution in [2.24, 2.45) is 11.3 Å². The molecule has 20 heavy (non-hydrogen) atoms. The Kier molecular flexibility index (Phi) is 4.45. The van der Waals surface area contributed by atoms with Crippen molar-refractivity contribution < 1.29 is 14.6 Å². The highest BCUT2D eigenvalue weighted by atomic mass is 16.5. The number of carboxylic acids is 1. The fraction of sp³-hybridized carbons (Fsp3) is 0.938. The zero-order valence-corrected chi connectivity index (χ0v) is 13.3. The molecule has 1 aliphatic carbocycles. The van der Waals surface area contributed by atoms with Crippen molar-refractivity contribution in [1.82, 2.24) is 4.90 Å². The Hall–Kier alpha value is -0.610. The van der Waals surface area contributed by atoms with Gasteiger partial charge in [0, 0.05) is 19.1 Å². The molecule has 0 bridgehead atoms. The molecule has 116 valence electrons. The summed E-state index contributed by atoms with van der Waals surface area (Å²) >= 11 is 0. The summed E-state index contributed by atoms with van der Waals surface area (Å²) in [5, 5.41) is 8.72. The highest BCUT2D eigenvalue weighted by Crippen LogP contribution is 2.43. The fourth-order valence-corrected chi connectivity index (χ4v) is 3.93. The summed E-state index contributed by atoms with van der Waals surface area (Å²) in [7, 11) is 0. The highest BCUT2D eigenvalue weighted by Gasteiger charge is 2.47. The lowest BCUT2D eigenvalue weighted by Crippen LogP contribution is -2.66. The van der Waals surface area contributed by atoms with Gasteiger partial charge >= 0.3 is 5.97 Å². The molecule has 2 rings (SSSR count). The Labute approximate surface area is 122 Å². The zero-order chi connectivity index (χ0) is 15.0. The van der Waals surface area contributed by atoms with Crippen LogP contribution in [0.2, 0.25) is 0 Å². The van der Waals surface area contributed by atoms with E-state index in [1.54, 1.807) is 0 Å². The third kappa shape index (κ3) is 3.53. The van der Waals surface area contributed by atoms with E-state index in [-0.39, 0.29) is 12.2 Å². The van der Waals surface area contributed by atoms with Gasteiger partial charge in [-0.05, 0) is 31.1 Å². The van der Waals surface area contributed by atoms with Crippen LogP contribution in [0.25, 0.3) is 0 Å². The van der Waals surface area contributed by atoms with Gasteiger partial charge in [0.25, 0.3) is 0 Å². The van der Waals surface area contributed by atoms with E-state index in [1.807, 2.05) is 6.92 Å². The number of carboxylic acid groups (broad SMARTS) is 1. The summed E-state index contributed by atoms with van der Waals surface area (Å²) in [6.07, 6.45) is 5.26. The Bertz CT molecular complexity index is 355. The quantitative estimate of drug-likeness (QED) is 0.862. The first kappa shape index (κ1) is 15.8. The van der Waals surface area contributed by atoms with Gasteiger partial charge in [-0.3, -0.25) is 4.90 Å². The van der Waals surface area contributed by atoms with Gasteiger partial charge in [0.1, 0.15) is 6.61 Å². The molecule has 2 atom stereocenters. The monoisotopic (exact) mass is 283 g/mol. The van der Waals surface area contributed by atoms with Gasteiger partial charge in [0.05, 0.1) is 5.60 Å². The predicted octanol–water partition coefficient (Wildman–Crippen LogP) is 2.77. The molecule has 1 N–H and O–H groups in total. The molecule has 2 aliphatic rings. The van der Waals surface area contributed by atoms with Gasteiger partial charge in [0.2, 0.25) is 0 Å². The molecule has 2 fully saturated rings. The number of ether oxygens (including phenoxy) is 1. The average Bonchev–Trinajstić information content (AvgIpc) is 2.32. The van der Waals surface area contributed by atoms with Crippen molar-refractivity contribution in [3.05, 3.63) is 0 Å². The van der Waals surface area contributed by atoms with Crippen LogP contribution in [-0.2, 0) is 9.53 Å². The van der Waals surface area contributed by atoms with Crippen LogP contribution >= 0.6 is 0 Å². The van der Waals surface area contributed by atoms with E-state index in [0.717, 1.165) is 19.0 Å². The second kappa shape index (κ2) is 5.64. The van der Waals surface area contributed by atoms with Gasteiger partial charge in [-0.1, -0.05) is 33.6 Å². The van der Waals surface area contributed by atoms with Crippen molar-refractivity contribution >= 4 is 5.97 Å². The van der Waals surface area contributed by atoms with Crippen LogP contribution < -0.4 is 0 Å². The highest BCUT2D eigenvalue weighted by molar-refractivity contribution is 5.68. The Morgan fingerprint density at radius 1 is 1.30 bits per heavy atom. The minimum atomic E-state index is -0.880. The van der Waals surface area contributed by atoms with Crippen molar-refractivity contribution in [1.29, 1.82) is 0 Å². The first-order valence-electron chi connectivity index (χ1n) is 7.81. The van der Waals surface area contributed by atoms with E-state index < -0.39 is 5.97 Å². The minimum Gasteiger partial charge on any atom is -0.480 e. The number of rotatable bonds is 4. The number of hydrogen-bond donors (Lipinski definition) is 1. The lowest BCUT2D eigenvalue weighted by Gasteiger charge is -2.55. The maximum absolute atomic E-state index is 10.6. The lowest BCUT2D eigenvalue weighted by molar-refractivity contribution is -0.176. The first-order valence-corrected chi connectivity index (χ1v) is 7.81. The van der Waals surface area contributed by atoms with Gasteiger partial charge in [-0.2, -0.15) is 0 Å². The molecule has 1 saturated heterocycles. The number of aliphatic carboxylic acids is 1. The van der Waals surface area contributed by atoms with Gasteiger partial charge in [-0.15, -0.1) is 0 Å². The molecule has 0 aromatic heterocycles. The number of carbonyl (C=O) groups is 1. The molecule has 0 aromatic carbocycles. The van der Waals surface area contributed by atoms with Crippen molar-refractivity contribution in [2.45, 2.75) is 65.0 Å². The normalized spacial score (nSPS) is 30.8. The average molecular weight is 283 g/mol. The van der Waals surface area contributed by atoms with Crippen LogP contribution in [0, 0.1) is 11.3 Å². The van der Waals surface area contributed by atoms with Gasteiger partial charge in [-0.25, -0.2) is 4.79 Å². The topological polar surface area (TPSA) is 49.8 Å². The van der Waals surface area contributed by atoms with Crippen LogP contribution in [0.5, 0.6) is 0 Å². The molecular weight excluding hydrogens is 254 g/mol. The first-order chi connectivity index (χ1) is 9.21. The summed E-state index contributed by atoms with van der Waals surface area (Å²) in [6.45, 7) is 10.6. The maximum atomic E-state index is 10.6. The second-order valence-corrected chi connectivity index (χ2v) is 7.86. The van der Waals surface area contributed by atoms with Crippen LogP contribution in [0.3, 0.4) is 0 Å². The lowest BCUT2D eigenvalue weighted by atomic mass is 9.68. The molecule has 1 heterocycles.